The Morgan fingerprint density at radius 2 is 0.871 bits per heavy atom. The Morgan fingerprint density at radius 3 is 1.31 bits per heavy atom. The number of carbonyl (C=O) groups is 2. The van der Waals surface area contributed by atoms with Gasteiger partial charge in [-0.2, -0.15) is 0 Å². The van der Waals surface area contributed by atoms with E-state index in [0.717, 1.165) is 38.5 Å². The molecule has 0 saturated heterocycles. The van der Waals surface area contributed by atoms with Crippen LogP contribution in [-0.4, -0.2) is 70.0 Å². The molecular formula is C52H98NO8P. The van der Waals surface area contributed by atoms with Gasteiger partial charge < -0.3 is 27.9 Å². The van der Waals surface area contributed by atoms with E-state index in [1.165, 1.54) is 154 Å². The first-order valence-electron chi connectivity index (χ1n) is 25.7. The molecule has 1 unspecified atom stereocenters. The van der Waals surface area contributed by atoms with Gasteiger partial charge in [-0.25, -0.2) is 0 Å². The van der Waals surface area contributed by atoms with Crippen molar-refractivity contribution in [1.82, 2.24) is 0 Å². The van der Waals surface area contributed by atoms with Gasteiger partial charge in [0.25, 0.3) is 7.82 Å². The first-order valence-corrected chi connectivity index (χ1v) is 27.2. The molecule has 0 aromatic rings. The Balaban J connectivity index is 4.29. The van der Waals surface area contributed by atoms with Crippen LogP contribution in [0.4, 0.5) is 0 Å². The lowest BCUT2D eigenvalue weighted by Crippen LogP contribution is -2.37. The number of rotatable bonds is 47. The average Bonchev–Trinajstić information content (AvgIpc) is 3.23. The highest BCUT2D eigenvalue weighted by Crippen LogP contribution is 2.38. The van der Waals surface area contributed by atoms with Crippen LogP contribution in [0, 0.1) is 0 Å². The summed E-state index contributed by atoms with van der Waals surface area (Å²) in [6, 6.07) is 0. The minimum Gasteiger partial charge on any atom is -0.756 e. The fraction of sp³-hybridized carbons (Fsp3) is 0.846. The van der Waals surface area contributed by atoms with Gasteiger partial charge in [0.1, 0.15) is 19.8 Å². The van der Waals surface area contributed by atoms with Gasteiger partial charge in [0.15, 0.2) is 6.10 Å². The second-order valence-electron chi connectivity index (χ2n) is 18.5. The monoisotopic (exact) mass is 896 g/mol. The van der Waals surface area contributed by atoms with Crippen LogP contribution >= 0.6 is 7.82 Å². The first kappa shape index (κ1) is 60.2. The molecule has 0 aromatic carbocycles. The van der Waals surface area contributed by atoms with Crippen LogP contribution in [0.5, 0.6) is 0 Å². The smallest absolute Gasteiger partial charge is 0.306 e. The minimum atomic E-state index is -4.64. The number of hydrogen-bond donors (Lipinski definition) is 0. The third-order valence-electron chi connectivity index (χ3n) is 11.1. The van der Waals surface area contributed by atoms with Gasteiger partial charge in [0.05, 0.1) is 27.7 Å². The van der Waals surface area contributed by atoms with E-state index in [0.29, 0.717) is 23.9 Å². The van der Waals surface area contributed by atoms with Crippen molar-refractivity contribution in [3.8, 4) is 0 Å². The SMILES string of the molecule is CCCCCCCCCCCCC/C=C/CCC(=O)O[C@@H](COC(=O)CCC/C=C/CC/C=C/CCCCCCCCCCCCCCCC)COP(=O)([O-])OCC[N+](C)(C)C. The third-order valence-corrected chi connectivity index (χ3v) is 12.1. The zero-order valence-corrected chi connectivity index (χ0v) is 42.0. The van der Waals surface area contributed by atoms with Gasteiger partial charge in [-0.15, -0.1) is 0 Å². The molecule has 0 N–H and O–H groups in total. The van der Waals surface area contributed by atoms with Crippen LogP contribution in [-0.2, 0) is 32.7 Å². The van der Waals surface area contributed by atoms with E-state index < -0.39 is 32.5 Å². The number of ether oxygens (including phenoxy) is 2. The third kappa shape index (κ3) is 47.7. The molecule has 0 aliphatic rings. The molecule has 0 heterocycles. The summed E-state index contributed by atoms with van der Waals surface area (Å²) in [5.74, 6) is -0.934. The van der Waals surface area contributed by atoms with Crippen molar-refractivity contribution in [2.45, 2.75) is 238 Å². The molecule has 10 heteroatoms. The predicted octanol–water partition coefficient (Wildman–Crippen LogP) is 14.6. The summed E-state index contributed by atoms with van der Waals surface area (Å²) < 4.78 is 33.9. The molecule has 0 aromatic heterocycles. The van der Waals surface area contributed by atoms with Crippen LogP contribution < -0.4 is 4.89 Å². The van der Waals surface area contributed by atoms with E-state index in [1.54, 1.807) is 0 Å². The van der Waals surface area contributed by atoms with Gasteiger partial charge in [-0.05, 0) is 57.8 Å². The van der Waals surface area contributed by atoms with Crippen molar-refractivity contribution in [3.63, 3.8) is 0 Å². The molecule has 2 atom stereocenters. The maximum absolute atomic E-state index is 12.7. The Bertz CT molecular complexity index is 1150. The quantitative estimate of drug-likeness (QED) is 0.0195. The number of allylic oxidation sites excluding steroid dienone is 6. The Morgan fingerprint density at radius 1 is 0.484 bits per heavy atom. The van der Waals surface area contributed by atoms with Gasteiger partial charge >= 0.3 is 11.9 Å². The summed E-state index contributed by atoms with van der Waals surface area (Å²) in [6.07, 6.45) is 52.1. The van der Waals surface area contributed by atoms with Crippen LogP contribution in [0.25, 0.3) is 0 Å². The molecule has 0 fully saturated rings. The molecule has 9 nitrogen and oxygen atoms in total. The average molecular weight is 896 g/mol. The highest BCUT2D eigenvalue weighted by molar-refractivity contribution is 7.45. The normalized spacial score (nSPS) is 13.7. The molecule has 0 aliphatic carbocycles. The Labute approximate surface area is 382 Å². The predicted molar refractivity (Wildman–Crippen MR) is 259 cm³/mol. The maximum Gasteiger partial charge on any atom is 0.306 e. The lowest BCUT2D eigenvalue weighted by atomic mass is 10.0. The van der Waals surface area contributed by atoms with E-state index in [4.69, 9.17) is 18.5 Å². The molecule has 0 bridgehead atoms. The fourth-order valence-electron chi connectivity index (χ4n) is 7.11. The number of quaternary nitrogens is 1. The van der Waals surface area contributed by atoms with Gasteiger partial charge in [-0.3, -0.25) is 14.2 Å². The highest BCUT2D eigenvalue weighted by atomic mass is 31.2. The lowest BCUT2D eigenvalue weighted by Gasteiger charge is -2.28. The van der Waals surface area contributed by atoms with Crippen LogP contribution in [0.3, 0.4) is 0 Å². The van der Waals surface area contributed by atoms with Crippen LogP contribution in [0.15, 0.2) is 36.5 Å². The van der Waals surface area contributed by atoms with Crippen molar-refractivity contribution >= 4 is 19.8 Å². The summed E-state index contributed by atoms with van der Waals surface area (Å²) in [5.41, 5.74) is 0. The largest absolute Gasteiger partial charge is 0.756 e. The van der Waals surface area contributed by atoms with Crippen LogP contribution in [0.1, 0.15) is 232 Å². The van der Waals surface area contributed by atoms with E-state index in [9.17, 15) is 19.0 Å². The number of esters is 2. The van der Waals surface area contributed by atoms with Crippen molar-refractivity contribution < 1.29 is 42.1 Å². The highest BCUT2D eigenvalue weighted by Gasteiger charge is 2.21. The number of likely N-dealkylation sites (N-methyl/N-ethyl adjacent to an activating group) is 1. The Hall–Kier alpha value is -1.77. The van der Waals surface area contributed by atoms with Gasteiger partial charge in [0.2, 0.25) is 0 Å². The summed E-state index contributed by atoms with van der Waals surface area (Å²) in [5, 5.41) is 0. The first-order chi connectivity index (χ1) is 30.0. The zero-order chi connectivity index (χ0) is 45.7. The van der Waals surface area contributed by atoms with E-state index in [-0.39, 0.29) is 26.1 Å². The van der Waals surface area contributed by atoms with Crippen molar-refractivity contribution in [3.05, 3.63) is 36.5 Å². The number of carbonyl (C=O) groups excluding carboxylic acids is 2. The maximum atomic E-state index is 12.7. The van der Waals surface area contributed by atoms with Crippen molar-refractivity contribution in [1.29, 1.82) is 0 Å². The second-order valence-corrected chi connectivity index (χ2v) is 19.9. The molecule has 0 radical (unpaired) electrons. The molecule has 0 spiro atoms. The standard InChI is InChI=1S/C52H98NO8P/c1-6-8-10-12-14-16-18-20-22-23-24-25-26-27-28-29-31-32-34-36-38-40-42-44-51(54)58-48-50(49-60-62(56,57)59-47-46-53(3,4)5)61-52(55)45-43-41-39-37-35-33-30-21-19-17-15-13-11-9-7-2/h29,31,36,38-39,41,50H,6-28,30,32-35,37,40,42-49H2,1-5H3/b31-29+,38-36+,41-39+/t50-/m0/s1. The molecule has 364 valence electrons. The fourth-order valence-corrected chi connectivity index (χ4v) is 7.83. The van der Waals surface area contributed by atoms with Crippen molar-refractivity contribution in [2.75, 3.05) is 47.5 Å². The van der Waals surface area contributed by atoms with Crippen molar-refractivity contribution in [2.24, 2.45) is 0 Å². The van der Waals surface area contributed by atoms with Gasteiger partial charge in [-0.1, -0.05) is 198 Å². The Kier molecular flexibility index (Phi) is 43.2. The second kappa shape index (κ2) is 44.4. The molecular weight excluding hydrogens is 798 g/mol. The summed E-state index contributed by atoms with van der Waals surface area (Å²) >= 11 is 0. The zero-order valence-electron chi connectivity index (χ0n) is 41.1. The summed E-state index contributed by atoms with van der Waals surface area (Å²) in [6.45, 7) is 4.17. The van der Waals surface area contributed by atoms with E-state index in [1.807, 2.05) is 27.2 Å². The topological polar surface area (TPSA) is 111 Å². The molecule has 62 heavy (non-hydrogen) atoms. The molecule has 0 rings (SSSR count). The van der Waals surface area contributed by atoms with E-state index in [2.05, 4.69) is 44.2 Å². The molecule has 0 aliphatic heterocycles. The minimum absolute atomic E-state index is 0.0417. The number of phosphoric acid groups is 1. The van der Waals surface area contributed by atoms with Crippen LogP contribution in [0.2, 0.25) is 0 Å². The number of nitrogens with zero attached hydrogens (tertiary/aromatic N) is 1. The number of unbranched alkanes of at least 4 members (excludes halogenated alkanes) is 27. The molecule has 0 saturated carbocycles. The summed E-state index contributed by atoms with van der Waals surface area (Å²) in [7, 11) is 1.13. The number of hydrogen-bond acceptors (Lipinski definition) is 8. The summed E-state index contributed by atoms with van der Waals surface area (Å²) in [4.78, 5) is 37.6. The van der Waals surface area contributed by atoms with E-state index >= 15 is 0 Å². The number of phosphoric ester groups is 1. The molecule has 0 amide bonds. The lowest BCUT2D eigenvalue weighted by molar-refractivity contribution is -0.870. The van der Waals surface area contributed by atoms with Gasteiger partial charge in [0, 0.05) is 12.8 Å².